The predicted octanol–water partition coefficient (Wildman–Crippen LogP) is 2.13. The zero-order valence-corrected chi connectivity index (χ0v) is 12.8. The summed E-state index contributed by atoms with van der Waals surface area (Å²) in [5.41, 5.74) is 1.27. The maximum atomic E-state index is 11.4. The molecule has 0 fully saturated rings. The van der Waals surface area contributed by atoms with Gasteiger partial charge in [-0.05, 0) is 29.5 Å². The molecule has 7 nitrogen and oxygen atoms in total. The molecule has 2 N–H and O–H groups in total. The topological polar surface area (TPSA) is 101 Å². The van der Waals surface area contributed by atoms with Gasteiger partial charge in [0.2, 0.25) is 5.88 Å². The Morgan fingerprint density at radius 2 is 2.14 bits per heavy atom. The number of fused-ring (bicyclic) bond motifs is 1. The normalized spacial score (nSPS) is 16.3. The quantitative estimate of drug-likeness (QED) is 0.657. The van der Waals surface area contributed by atoms with Gasteiger partial charge in [0.25, 0.3) is 5.17 Å². The minimum Gasteiger partial charge on any atom is -0.412 e. The van der Waals surface area contributed by atoms with Crippen molar-refractivity contribution < 1.29 is 13.2 Å². The van der Waals surface area contributed by atoms with Crippen LogP contribution in [-0.2, 0) is 9.84 Å². The van der Waals surface area contributed by atoms with E-state index >= 15 is 0 Å². The first-order chi connectivity index (χ1) is 10.5. The molecule has 0 unspecified atom stereocenters. The first kappa shape index (κ1) is 14.7. The molecular weight excluding hydrogens is 326 g/mol. The lowest BCUT2D eigenvalue weighted by Gasteiger charge is -2.08. The van der Waals surface area contributed by atoms with Crippen molar-refractivity contribution in [2.75, 3.05) is 11.5 Å². The molecule has 1 aliphatic rings. The Hall–Kier alpha value is -2.26. The molecule has 1 aromatic heterocycles. The summed E-state index contributed by atoms with van der Waals surface area (Å²) >= 11 is 5.03. The first-order valence-corrected chi connectivity index (χ1v) is 8.54. The molecule has 0 radical (unpaired) electrons. The van der Waals surface area contributed by atoms with Crippen molar-refractivity contribution in [2.24, 2.45) is 5.18 Å². The lowest BCUT2D eigenvalue weighted by atomic mass is 10.2. The Bertz CT molecular complexity index is 899. The average Bonchev–Trinajstić information content (AvgIpc) is 2.97. The fraction of sp³-hybridized carbons (Fsp3) is 0.154. The fourth-order valence-electron chi connectivity index (χ4n) is 2.19. The van der Waals surface area contributed by atoms with Crippen LogP contribution in [0.25, 0.3) is 10.9 Å². The van der Waals surface area contributed by atoms with Gasteiger partial charge in [0, 0.05) is 11.1 Å². The van der Waals surface area contributed by atoms with Crippen LogP contribution >= 0.6 is 12.2 Å². The van der Waals surface area contributed by atoms with Gasteiger partial charge in [0.05, 0.1) is 17.0 Å². The van der Waals surface area contributed by atoms with Crippen LogP contribution in [0.4, 0.5) is 5.69 Å². The number of nitroso groups, excluding NO2 is 1. The van der Waals surface area contributed by atoms with Crippen LogP contribution in [0.15, 0.2) is 41.2 Å². The second-order valence-corrected chi connectivity index (χ2v) is 7.22. The highest BCUT2D eigenvalue weighted by molar-refractivity contribution is 7.92. The Labute approximate surface area is 131 Å². The van der Waals surface area contributed by atoms with E-state index in [0.717, 1.165) is 0 Å². The number of aromatic nitrogens is 1. The highest BCUT2D eigenvalue weighted by atomic mass is 32.2. The molecule has 0 saturated heterocycles. The summed E-state index contributed by atoms with van der Waals surface area (Å²) in [5.74, 6) is -0.0110. The highest BCUT2D eigenvalue weighted by Gasteiger charge is 2.21. The lowest BCUT2D eigenvalue weighted by Crippen LogP contribution is -2.27. The molecule has 1 aromatic carbocycles. The van der Waals surface area contributed by atoms with Crippen molar-refractivity contribution >= 4 is 43.8 Å². The summed E-state index contributed by atoms with van der Waals surface area (Å²) in [6.45, 7) is 0. The van der Waals surface area contributed by atoms with Crippen molar-refractivity contribution in [3.8, 4) is 5.88 Å². The molecule has 0 aliphatic carbocycles. The minimum atomic E-state index is -3.09. The molecule has 22 heavy (non-hydrogen) atoms. The maximum absolute atomic E-state index is 11.4. The maximum Gasteiger partial charge on any atom is 0.267 e. The standard InChI is InChI=1S/C13H11N3O4S2/c17-16-11-9-3-1-2-4-10(9)15-12(11)20-13(21)14-8-5-6-22(18,19)7-8/h1-5,15H,6-7H2,(H,14,21). The van der Waals surface area contributed by atoms with E-state index in [9.17, 15) is 13.3 Å². The molecule has 0 saturated carbocycles. The van der Waals surface area contributed by atoms with Crippen molar-refractivity contribution in [1.29, 1.82) is 0 Å². The second-order valence-electron chi connectivity index (χ2n) is 4.74. The van der Waals surface area contributed by atoms with E-state index in [2.05, 4.69) is 15.5 Å². The summed E-state index contributed by atoms with van der Waals surface area (Å²) in [6, 6.07) is 7.10. The fourth-order valence-corrected chi connectivity index (χ4v) is 3.64. The third kappa shape index (κ3) is 2.85. The summed E-state index contributed by atoms with van der Waals surface area (Å²) in [5, 5.41) is 6.24. The van der Waals surface area contributed by atoms with Crippen LogP contribution in [0.3, 0.4) is 0 Å². The predicted molar refractivity (Wildman–Crippen MR) is 86.9 cm³/mol. The molecule has 3 rings (SSSR count). The number of aromatic amines is 1. The Balaban J connectivity index is 1.78. The number of benzene rings is 1. The Morgan fingerprint density at radius 3 is 2.82 bits per heavy atom. The molecular formula is C13H11N3O4S2. The number of nitrogens with one attached hydrogen (secondary N) is 2. The van der Waals surface area contributed by atoms with E-state index < -0.39 is 9.84 Å². The van der Waals surface area contributed by atoms with Gasteiger partial charge in [-0.25, -0.2) is 8.42 Å². The number of hydrogen-bond acceptors (Lipinski definition) is 6. The molecule has 0 spiro atoms. The van der Waals surface area contributed by atoms with Crippen LogP contribution in [0.2, 0.25) is 0 Å². The van der Waals surface area contributed by atoms with Crippen molar-refractivity contribution in [1.82, 2.24) is 10.3 Å². The molecule has 1 aliphatic heterocycles. The van der Waals surface area contributed by atoms with E-state index in [1.54, 1.807) is 18.2 Å². The number of rotatable bonds is 3. The molecule has 0 atom stereocenters. The van der Waals surface area contributed by atoms with Gasteiger partial charge in [-0.1, -0.05) is 18.2 Å². The zero-order chi connectivity index (χ0) is 15.7. The number of thiocarbonyl (C=S) groups is 1. The Morgan fingerprint density at radius 1 is 1.36 bits per heavy atom. The van der Waals surface area contributed by atoms with E-state index in [4.69, 9.17) is 17.0 Å². The number of ether oxygens (including phenoxy) is 1. The molecule has 2 aromatic rings. The third-order valence-electron chi connectivity index (χ3n) is 3.15. The smallest absolute Gasteiger partial charge is 0.267 e. The number of sulfone groups is 1. The summed E-state index contributed by atoms with van der Waals surface area (Å²) in [7, 11) is -3.09. The van der Waals surface area contributed by atoms with Crippen LogP contribution < -0.4 is 10.1 Å². The van der Waals surface area contributed by atoms with Gasteiger partial charge in [0.15, 0.2) is 15.5 Å². The second kappa shape index (κ2) is 5.50. The summed E-state index contributed by atoms with van der Waals surface area (Å²) in [4.78, 5) is 13.9. The van der Waals surface area contributed by atoms with Gasteiger partial charge in [-0.2, -0.15) is 0 Å². The van der Waals surface area contributed by atoms with E-state index in [-0.39, 0.29) is 28.2 Å². The van der Waals surface area contributed by atoms with E-state index in [0.29, 0.717) is 16.6 Å². The highest BCUT2D eigenvalue weighted by Crippen LogP contribution is 2.35. The van der Waals surface area contributed by atoms with Gasteiger partial charge in [-0.15, -0.1) is 4.91 Å². The number of para-hydroxylation sites is 1. The van der Waals surface area contributed by atoms with Gasteiger partial charge in [-0.3, -0.25) is 0 Å². The zero-order valence-electron chi connectivity index (χ0n) is 11.2. The van der Waals surface area contributed by atoms with Crippen LogP contribution in [0.1, 0.15) is 0 Å². The molecule has 0 amide bonds. The first-order valence-electron chi connectivity index (χ1n) is 6.31. The van der Waals surface area contributed by atoms with Gasteiger partial charge < -0.3 is 15.0 Å². The summed E-state index contributed by atoms with van der Waals surface area (Å²) in [6.07, 6.45) is 1.54. The van der Waals surface area contributed by atoms with Gasteiger partial charge in [0.1, 0.15) is 0 Å². The van der Waals surface area contributed by atoms with E-state index in [1.807, 2.05) is 6.07 Å². The monoisotopic (exact) mass is 337 g/mol. The average molecular weight is 337 g/mol. The van der Waals surface area contributed by atoms with Crippen molar-refractivity contribution in [2.45, 2.75) is 0 Å². The third-order valence-corrected chi connectivity index (χ3v) is 4.76. The van der Waals surface area contributed by atoms with Crippen LogP contribution in [0.5, 0.6) is 5.88 Å². The molecule has 9 heteroatoms. The minimum absolute atomic E-state index is 0.0223. The molecule has 2 heterocycles. The van der Waals surface area contributed by atoms with Crippen LogP contribution in [-0.4, -0.2) is 30.1 Å². The van der Waals surface area contributed by atoms with Crippen molar-refractivity contribution in [3.05, 3.63) is 40.9 Å². The van der Waals surface area contributed by atoms with E-state index in [1.165, 1.54) is 6.08 Å². The SMILES string of the molecule is O=Nc1c(OC(=S)NC2=CCS(=O)(=O)C2)[nH]c2ccccc12. The number of nitrogens with zero attached hydrogens (tertiary/aromatic N) is 1. The van der Waals surface area contributed by atoms with Crippen molar-refractivity contribution in [3.63, 3.8) is 0 Å². The van der Waals surface area contributed by atoms with Crippen LogP contribution in [0, 0.1) is 4.91 Å². The molecule has 0 bridgehead atoms. The molecule has 114 valence electrons. The number of hydrogen-bond donors (Lipinski definition) is 2. The Kier molecular flexibility index (Phi) is 3.67. The van der Waals surface area contributed by atoms with Gasteiger partial charge >= 0.3 is 0 Å². The lowest BCUT2D eigenvalue weighted by molar-refractivity contribution is 0.527. The summed E-state index contributed by atoms with van der Waals surface area (Å²) < 4.78 is 28.1. The number of H-pyrrole nitrogens is 1. The largest absolute Gasteiger partial charge is 0.412 e.